The number of benzene rings is 3. The summed E-state index contributed by atoms with van der Waals surface area (Å²) >= 11 is 0. The third kappa shape index (κ3) is 11.6. The lowest BCUT2D eigenvalue weighted by Gasteiger charge is -2.36. The lowest BCUT2D eigenvalue weighted by atomic mass is 9.94. The maximum atomic E-state index is 16.8. The highest BCUT2D eigenvalue weighted by molar-refractivity contribution is 6.07. The average Bonchev–Trinajstić information content (AvgIpc) is 4.02. The Bertz CT molecular complexity index is 2930. The van der Waals surface area contributed by atoms with Crippen LogP contribution in [-0.2, 0) is 30.3 Å². The Balaban J connectivity index is 0.000000214. The Morgan fingerprint density at radius 3 is 2.49 bits per heavy atom. The second-order valence-electron chi connectivity index (χ2n) is 20.3. The summed E-state index contributed by atoms with van der Waals surface area (Å²) in [5.41, 5.74) is 3.14. The van der Waals surface area contributed by atoms with E-state index in [9.17, 15) is 33.8 Å². The summed E-state index contributed by atoms with van der Waals surface area (Å²) in [7, 11) is 1.73. The number of anilines is 3. The average molecular weight is 1050 g/mol. The minimum Gasteiger partial charge on any atom is -0.508 e. The topological polar surface area (TPSA) is 203 Å². The van der Waals surface area contributed by atoms with Crippen LogP contribution >= 0.6 is 0 Å². The molecule has 5 aromatic rings. The summed E-state index contributed by atoms with van der Waals surface area (Å²) in [5.74, 6) is -1.61. The first kappa shape index (κ1) is 55.7. The van der Waals surface area contributed by atoms with Crippen LogP contribution in [0.4, 0.5) is 26.0 Å². The molecule has 3 aromatic carbocycles. The molecule has 76 heavy (non-hydrogen) atoms. The van der Waals surface area contributed by atoms with Crippen LogP contribution in [0.2, 0.25) is 0 Å². The molecule has 5 fully saturated rings. The summed E-state index contributed by atoms with van der Waals surface area (Å²) in [4.78, 5) is 69.4. The summed E-state index contributed by atoms with van der Waals surface area (Å²) in [6.45, 7) is 14.2. The van der Waals surface area contributed by atoms with Crippen molar-refractivity contribution in [3.63, 3.8) is 0 Å². The lowest BCUT2D eigenvalue weighted by Crippen LogP contribution is -2.54. The van der Waals surface area contributed by atoms with Gasteiger partial charge in [-0.25, -0.2) is 8.78 Å². The number of hydrogen-bond acceptors (Lipinski definition) is 14. The van der Waals surface area contributed by atoms with Crippen molar-refractivity contribution in [1.29, 1.82) is 0 Å². The van der Waals surface area contributed by atoms with Crippen molar-refractivity contribution in [1.82, 2.24) is 30.5 Å². The third-order valence-corrected chi connectivity index (χ3v) is 15.6. The maximum absolute atomic E-state index is 16.8. The van der Waals surface area contributed by atoms with Crippen LogP contribution in [-0.4, -0.2) is 137 Å². The highest BCUT2D eigenvalue weighted by Crippen LogP contribution is 2.44. The number of nitrogens with zero attached hydrogens (tertiary/aromatic N) is 7. The number of β-amino-alcohol motifs (C(OH)–C–C–N with tert-alkyl or cyclic N) is 1. The standard InChI is InChI=1S/C34H39F2N5O4.C21H28N4O4.C2H6/c1-3-24-27(35)8-7-20-14-23(43)15-25(28(20)24)30-29(36)31-26(16-37-30)32(40-12-4-6-22(42)17-40)39-33(38-31)45-19-34-10-5-13-41(34)21(9-11-34)18-44-2;1-3-20(28)25(18-8-9-19(27)23-21(18)29)17-7-6-16(11-14(17)2)24-10-4-5-15(12-24)22-13-26;1-2/h7-8,14-16,21-22,42-43H,3-6,9-13,17-19H2,1-2H3;6-7,11,13,15,18H,3-5,8-10,12H2,1-2H3,(H,22,26)(H,23,27,29);1-2H3. The molecule has 0 saturated carbocycles. The van der Waals surface area contributed by atoms with E-state index in [2.05, 4.69) is 30.4 Å². The number of aryl methyl sites for hydroxylation is 2. The second-order valence-corrected chi connectivity index (χ2v) is 20.3. The number of piperidine rings is 3. The molecule has 19 heteroatoms. The van der Waals surface area contributed by atoms with Gasteiger partial charge in [-0.2, -0.15) is 9.97 Å². The Morgan fingerprint density at radius 1 is 0.974 bits per heavy atom. The zero-order valence-electron chi connectivity index (χ0n) is 44.7. The fourth-order valence-electron chi connectivity index (χ4n) is 12.0. The van der Waals surface area contributed by atoms with Gasteiger partial charge < -0.3 is 34.8 Å². The number of aliphatic hydroxyl groups excluding tert-OH is 1. The van der Waals surface area contributed by atoms with Gasteiger partial charge in [-0.15, -0.1) is 0 Å². The number of aromatic nitrogens is 3. The SMILES string of the molecule is CC.CCC(=O)N(c1ccc(N2CCCC(NC=O)C2)cc1C)C1CCC(=O)NC1=O.CCc1c(F)ccc2cc(O)cc(-c3ncc4c(N5CCCC(O)C5)nc(OCC56CCCN5C(COC)CC6)nc4c3F)c12. The van der Waals surface area contributed by atoms with Gasteiger partial charge in [-0.05, 0) is 136 Å². The highest BCUT2D eigenvalue weighted by atomic mass is 19.1. The van der Waals surface area contributed by atoms with E-state index in [0.29, 0.717) is 84.8 Å². The van der Waals surface area contributed by atoms with Crippen molar-refractivity contribution in [2.75, 3.05) is 67.7 Å². The predicted molar refractivity (Wildman–Crippen MR) is 289 cm³/mol. The maximum Gasteiger partial charge on any atom is 0.319 e. The van der Waals surface area contributed by atoms with Gasteiger partial charge in [-0.1, -0.05) is 33.8 Å². The Kier molecular flexibility index (Phi) is 18.0. The molecule has 5 unspecified atom stereocenters. The number of rotatable bonds is 14. The summed E-state index contributed by atoms with van der Waals surface area (Å²) in [5, 5.41) is 27.7. The van der Waals surface area contributed by atoms with E-state index in [1.54, 1.807) is 20.1 Å². The number of carbonyl (C=O) groups is 4. The van der Waals surface area contributed by atoms with E-state index in [1.165, 1.54) is 29.3 Å². The van der Waals surface area contributed by atoms with Gasteiger partial charge in [0.2, 0.25) is 24.1 Å². The van der Waals surface area contributed by atoms with Crippen LogP contribution < -0.4 is 30.1 Å². The van der Waals surface area contributed by atoms with E-state index >= 15 is 4.39 Å². The number of phenols is 1. The van der Waals surface area contributed by atoms with E-state index in [-0.39, 0.29) is 64.8 Å². The molecule has 4 amide bonds. The van der Waals surface area contributed by atoms with E-state index < -0.39 is 29.7 Å². The minimum atomic E-state index is -0.710. The summed E-state index contributed by atoms with van der Waals surface area (Å²) in [6.07, 6.45) is 10.4. The molecule has 4 N–H and O–H groups in total. The number of halogens is 2. The Morgan fingerprint density at radius 2 is 1.76 bits per heavy atom. The van der Waals surface area contributed by atoms with Crippen LogP contribution in [0.15, 0.2) is 48.7 Å². The summed E-state index contributed by atoms with van der Waals surface area (Å²) in [6, 6.07) is 11.6. The number of aliphatic hydroxyl groups is 1. The number of pyridine rings is 1. The molecular weight excluding hydrogens is 977 g/mol. The second kappa shape index (κ2) is 24.6. The number of methoxy groups -OCH3 is 1. The van der Waals surface area contributed by atoms with Gasteiger partial charge in [-0.3, -0.25) is 39.3 Å². The Labute approximate surface area is 443 Å². The molecule has 408 valence electrons. The van der Waals surface area contributed by atoms with E-state index in [0.717, 1.165) is 82.2 Å². The van der Waals surface area contributed by atoms with Crippen LogP contribution in [0.25, 0.3) is 32.9 Å². The first-order valence-electron chi connectivity index (χ1n) is 27.1. The molecule has 5 aliphatic rings. The van der Waals surface area contributed by atoms with Crippen molar-refractivity contribution in [3.05, 3.63) is 71.4 Å². The monoisotopic (exact) mass is 1050 g/mol. The van der Waals surface area contributed by atoms with Gasteiger partial charge in [0.05, 0.1) is 23.6 Å². The number of nitrogens with one attached hydrogen (secondary N) is 2. The van der Waals surface area contributed by atoms with Gasteiger partial charge in [0.15, 0.2) is 5.82 Å². The molecule has 0 radical (unpaired) electrons. The van der Waals surface area contributed by atoms with Crippen molar-refractivity contribution in [3.8, 4) is 23.0 Å². The molecule has 7 heterocycles. The Hall–Kier alpha value is -6.57. The van der Waals surface area contributed by atoms with Gasteiger partial charge in [0, 0.05) is 81.3 Å². The number of imide groups is 1. The number of fused-ring (bicyclic) bond motifs is 3. The molecule has 5 aliphatic heterocycles. The first-order valence-corrected chi connectivity index (χ1v) is 27.1. The zero-order chi connectivity index (χ0) is 54.3. The number of amides is 4. The number of phenolic OH excluding ortho intramolecular Hbond substituents is 1. The molecule has 0 spiro atoms. The largest absolute Gasteiger partial charge is 0.508 e. The van der Waals surface area contributed by atoms with Crippen molar-refractivity contribution in [2.45, 2.75) is 141 Å². The fraction of sp³-hybridized carbons (Fsp3) is 0.526. The van der Waals surface area contributed by atoms with Crippen molar-refractivity contribution in [2.24, 2.45) is 0 Å². The van der Waals surface area contributed by atoms with Crippen LogP contribution in [0.1, 0.15) is 109 Å². The van der Waals surface area contributed by atoms with Crippen molar-refractivity contribution < 1.29 is 47.6 Å². The molecule has 17 nitrogen and oxygen atoms in total. The zero-order valence-corrected chi connectivity index (χ0v) is 44.7. The molecule has 5 saturated heterocycles. The molecule has 0 bridgehead atoms. The summed E-state index contributed by atoms with van der Waals surface area (Å²) < 4.78 is 43.5. The molecule has 5 atom stereocenters. The van der Waals surface area contributed by atoms with Crippen molar-refractivity contribution >= 4 is 63.0 Å². The highest BCUT2D eigenvalue weighted by Gasteiger charge is 2.50. The molecule has 10 rings (SSSR count). The minimum absolute atomic E-state index is 0.0236. The number of hydrogen-bond donors (Lipinski definition) is 4. The molecule has 0 aliphatic carbocycles. The van der Waals surface area contributed by atoms with Gasteiger partial charge in [0.25, 0.3) is 0 Å². The quantitative estimate of drug-likeness (QED) is 0.0624. The van der Waals surface area contributed by atoms with Crippen LogP contribution in [0.5, 0.6) is 11.8 Å². The molecule has 2 aromatic heterocycles. The van der Waals surface area contributed by atoms with E-state index in [4.69, 9.17) is 14.5 Å². The van der Waals surface area contributed by atoms with E-state index in [1.807, 2.05) is 50.8 Å². The number of ether oxygens (including phenoxy) is 2. The third-order valence-electron chi connectivity index (χ3n) is 15.6. The first-order chi connectivity index (χ1) is 36.8. The number of aromatic hydroxyl groups is 1. The van der Waals surface area contributed by atoms with Gasteiger partial charge >= 0.3 is 6.01 Å². The van der Waals surface area contributed by atoms with Crippen LogP contribution in [0.3, 0.4) is 0 Å². The normalized spacial score (nSPS) is 22.5. The van der Waals surface area contributed by atoms with Crippen LogP contribution in [0, 0.1) is 18.6 Å². The lowest BCUT2D eigenvalue weighted by molar-refractivity contribution is -0.135. The molecular formula is C57H73F2N9O8. The number of carbonyl (C=O) groups excluding carboxylic acids is 4. The fourth-order valence-corrected chi connectivity index (χ4v) is 12.0. The predicted octanol–water partition coefficient (Wildman–Crippen LogP) is 7.66. The van der Waals surface area contributed by atoms with Gasteiger partial charge in [0.1, 0.15) is 41.2 Å². The smallest absolute Gasteiger partial charge is 0.319 e.